The first-order valence-electron chi connectivity index (χ1n) is 3.54. The maximum atomic E-state index is 10.9. The fraction of sp³-hybridized carbons (Fsp3) is 0. The van der Waals surface area contributed by atoms with E-state index in [1.54, 1.807) is 6.07 Å². The van der Waals surface area contributed by atoms with Gasteiger partial charge in [0.2, 0.25) is 6.41 Å². The van der Waals surface area contributed by atoms with Crippen LogP contribution in [0.25, 0.3) is 0 Å². The lowest BCUT2D eigenvalue weighted by Gasteiger charge is -2.05. The lowest BCUT2D eigenvalue weighted by Crippen LogP contribution is -2.14. The third-order valence-corrected chi connectivity index (χ3v) is 1.52. The molecule has 0 aliphatic carbocycles. The van der Waals surface area contributed by atoms with Gasteiger partial charge in [-0.3, -0.25) is 9.59 Å². The van der Waals surface area contributed by atoms with E-state index in [0.29, 0.717) is 17.8 Å². The van der Waals surface area contributed by atoms with Crippen LogP contribution in [0.2, 0.25) is 0 Å². The number of nitrogen functional groups attached to an aromatic ring is 1. The van der Waals surface area contributed by atoms with Crippen LogP contribution in [0, 0.1) is 0 Å². The second kappa shape index (κ2) is 3.57. The first-order chi connectivity index (χ1) is 6.15. The Kier molecular flexibility index (Phi) is 2.49. The van der Waals surface area contributed by atoms with Crippen LogP contribution in [0.1, 0.15) is 10.4 Å². The molecule has 5 nitrogen and oxygen atoms in total. The predicted molar refractivity (Wildman–Crippen MR) is 49.1 cm³/mol. The van der Waals surface area contributed by atoms with Gasteiger partial charge in [0, 0.05) is 5.69 Å². The lowest BCUT2D eigenvalue weighted by atomic mass is 10.1. The Morgan fingerprint density at radius 3 is 2.69 bits per heavy atom. The number of nitrogens with two attached hydrogens (primary N) is 2. The molecule has 1 aromatic rings. The number of nitrogens with one attached hydrogen (secondary N) is 1. The van der Waals surface area contributed by atoms with Crippen LogP contribution in [0.15, 0.2) is 18.2 Å². The third-order valence-electron chi connectivity index (χ3n) is 1.52. The molecule has 0 aliphatic heterocycles. The monoisotopic (exact) mass is 179 g/mol. The van der Waals surface area contributed by atoms with Crippen molar-refractivity contribution in [3.63, 3.8) is 0 Å². The van der Waals surface area contributed by atoms with Crippen LogP contribution in [0.5, 0.6) is 0 Å². The van der Waals surface area contributed by atoms with Gasteiger partial charge in [-0.2, -0.15) is 0 Å². The van der Waals surface area contributed by atoms with Crippen molar-refractivity contribution in [3.8, 4) is 0 Å². The average molecular weight is 179 g/mol. The van der Waals surface area contributed by atoms with Gasteiger partial charge < -0.3 is 16.8 Å². The quantitative estimate of drug-likeness (QED) is 0.447. The van der Waals surface area contributed by atoms with E-state index in [4.69, 9.17) is 11.5 Å². The van der Waals surface area contributed by atoms with E-state index in [-0.39, 0.29) is 5.56 Å². The summed E-state index contributed by atoms with van der Waals surface area (Å²) in [4.78, 5) is 21.0. The highest BCUT2D eigenvalue weighted by atomic mass is 16.1. The van der Waals surface area contributed by atoms with Gasteiger partial charge in [-0.15, -0.1) is 0 Å². The van der Waals surface area contributed by atoms with Gasteiger partial charge in [0.15, 0.2) is 0 Å². The number of hydrogen-bond donors (Lipinski definition) is 3. The molecule has 1 rings (SSSR count). The molecule has 0 saturated carbocycles. The Bertz CT molecular complexity index is 349. The summed E-state index contributed by atoms with van der Waals surface area (Å²) in [6, 6.07) is 4.50. The maximum Gasteiger partial charge on any atom is 0.250 e. The highest BCUT2D eigenvalue weighted by Gasteiger charge is 2.07. The number of carbonyl (C=O) groups excluding carboxylic acids is 2. The maximum absolute atomic E-state index is 10.9. The zero-order valence-electron chi connectivity index (χ0n) is 6.78. The predicted octanol–water partition coefficient (Wildman–Crippen LogP) is -0.0640. The largest absolute Gasteiger partial charge is 0.399 e. The van der Waals surface area contributed by atoms with Gasteiger partial charge in [-0.05, 0) is 18.2 Å². The number of hydrogen-bond acceptors (Lipinski definition) is 3. The Morgan fingerprint density at radius 2 is 2.15 bits per heavy atom. The van der Waals surface area contributed by atoms with Crippen molar-refractivity contribution in [2.75, 3.05) is 11.1 Å². The Labute approximate surface area is 74.7 Å². The smallest absolute Gasteiger partial charge is 0.250 e. The number of primary amides is 1. The molecule has 1 aromatic carbocycles. The molecule has 0 radical (unpaired) electrons. The van der Waals surface area contributed by atoms with Gasteiger partial charge in [-0.1, -0.05) is 0 Å². The minimum Gasteiger partial charge on any atom is -0.399 e. The average Bonchev–Trinajstić information content (AvgIpc) is 2.08. The standard InChI is InChI=1S/C8H9N3O2/c9-5-1-2-7(11-4-12)6(3-5)8(10)13/h1-4H,9H2,(H2,10,13)(H,11,12). The van der Waals surface area contributed by atoms with Crippen molar-refractivity contribution >= 4 is 23.7 Å². The molecule has 0 aliphatic rings. The van der Waals surface area contributed by atoms with Gasteiger partial charge >= 0.3 is 0 Å². The van der Waals surface area contributed by atoms with Crippen LogP contribution in [0.4, 0.5) is 11.4 Å². The van der Waals surface area contributed by atoms with E-state index in [1.807, 2.05) is 0 Å². The van der Waals surface area contributed by atoms with Gasteiger partial charge in [0.1, 0.15) is 0 Å². The molecule has 0 fully saturated rings. The van der Waals surface area contributed by atoms with Crippen molar-refractivity contribution in [2.24, 2.45) is 5.73 Å². The number of carbonyl (C=O) groups is 2. The second-order valence-electron chi connectivity index (χ2n) is 2.43. The molecule has 0 spiro atoms. The van der Waals surface area contributed by atoms with Crippen LogP contribution < -0.4 is 16.8 Å². The van der Waals surface area contributed by atoms with Crippen LogP contribution >= 0.6 is 0 Å². The molecule has 0 atom stereocenters. The fourth-order valence-corrected chi connectivity index (χ4v) is 0.955. The molecule has 0 bridgehead atoms. The lowest BCUT2D eigenvalue weighted by molar-refractivity contribution is -0.105. The van der Waals surface area contributed by atoms with E-state index in [0.717, 1.165) is 0 Å². The Hall–Kier alpha value is -2.04. The van der Waals surface area contributed by atoms with Gasteiger partial charge in [-0.25, -0.2) is 0 Å². The minimum atomic E-state index is -0.628. The first-order valence-corrected chi connectivity index (χ1v) is 3.54. The van der Waals surface area contributed by atoms with Crippen molar-refractivity contribution in [2.45, 2.75) is 0 Å². The van der Waals surface area contributed by atoms with Crippen molar-refractivity contribution < 1.29 is 9.59 Å². The molecule has 5 heteroatoms. The summed E-state index contributed by atoms with van der Waals surface area (Å²) in [6.07, 6.45) is 0.470. The molecular weight excluding hydrogens is 170 g/mol. The van der Waals surface area contributed by atoms with Crippen molar-refractivity contribution in [1.29, 1.82) is 0 Å². The second-order valence-corrected chi connectivity index (χ2v) is 2.43. The summed E-state index contributed by atoms with van der Waals surface area (Å²) in [5.41, 5.74) is 11.5. The van der Waals surface area contributed by atoms with Crippen molar-refractivity contribution in [3.05, 3.63) is 23.8 Å². The molecular formula is C8H9N3O2. The molecule has 0 unspecified atom stereocenters. The minimum absolute atomic E-state index is 0.201. The van der Waals surface area contributed by atoms with E-state index in [2.05, 4.69) is 5.32 Å². The van der Waals surface area contributed by atoms with Crippen LogP contribution in [0.3, 0.4) is 0 Å². The third kappa shape index (κ3) is 1.96. The highest BCUT2D eigenvalue weighted by Crippen LogP contribution is 2.17. The number of amides is 2. The van der Waals surface area contributed by atoms with E-state index < -0.39 is 5.91 Å². The SMILES string of the molecule is NC(=O)c1cc(N)ccc1NC=O. The molecule has 0 saturated heterocycles. The van der Waals surface area contributed by atoms with Gasteiger partial charge in [0.05, 0.1) is 11.3 Å². The van der Waals surface area contributed by atoms with E-state index >= 15 is 0 Å². The summed E-state index contributed by atoms with van der Waals surface area (Å²) in [5.74, 6) is -0.628. The number of rotatable bonds is 3. The van der Waals surface area contributed by atoms with Crippen molar-refractivity contribution in [1.82, 2.24) is 0 Å². The zero-order chi connectivity index (χ0) is 9.84. The summed E-state index contributed by atoms with van der Waals surface area (Å²) >= 11 is 0. The number of anilines is 2. The molecule has 2 amide bonds. The van der Waals surface area contributed by atoms with Crippen LogP contribution in [-0.4, -0.2) is 12.3 Å². The summed E-state index contributed by atoms with van der Waals surface area (Å²) < 4.78 is 0. The molecule has 5 N–H and O–H groups in total. The van der Waals surface area contributed by atoms with E-state index in [9.17, 15) is 9.59 Å². The number of benzene rings is 1. The van der Waals surface area contributed by atoms with Crippen LogP contribution in [-0.2, 0) is 4.79 Å². The summed E-state index contributed by atoms with van der Waals surface area (Å²) in [6.45, 7) is 0. The molecule has 0 aromatic heterocycles. The summed E-state index contributed by atoms with van der Waals surface area (Å²) in [7, 11) is 0. The first kappa shape index (κ1) is 9.05. The molecule has 0 heterocycles. The normalized spacial score (nSPS) is 9.23. The summed E-state index contributed by atoms with van der Waals surface area (Å²) in [5, 5.41) is 2.35. The topological polar surface area (TPSA) is 98.2 Å². The fourth-order valence-electron chi connectivity index (χ4n) is 0.955. The van der Waals surface area contributed by atoms with Gasteiger partial charge in [0.25, 0.3) is 5.91 Å². The molecule has 68 valence electrons. The molecule has 13 heavy (non-hydrogen) atoms. The Balaban J connectivity index is 3.17. The highest BCUT2D eigenvalue weighted by molar-refractivity contribution is 6.01. The zero-order valence-corrected chi connectivity index (χ0v) is 6.78. The Morgan fingerprint density at radius 1 is 1.46 bits per heavy atom. The van der Waals surface area contributed by atoms with E-state index in [1.165, 1.54) is 12.1 Å².